The van der Waals surface area contributed by atoms with E-state index in [9.17, 15) is 13.2 Å². The zero-order valence-corrected chi connectivity index (χ0v) is 9.04. The average molecular weight is 228 g/mol. The zero-order chi connectivity index (χ0) is 11.5. The summed E-state index contributed by atoms with van der Waals surface area (Å²) in [5.74, 6) is -0.531. The van der Waals surface area contributed by atoms with Crippen molar-refractivity contribution in [3.8, 4) is 0 Å². The van der Waals surface area contributed by atoms with Crippen molar-refractivity contribution in [2.45, 2.75) is 6.54 Å². The lowest BCUT2D eigenvalue weighted by molar-refractivity contribution is 0.1000. The fourth-order valence-corrected chi connectivity index (χ4v) is 1.48. The first-order chi connectivity index (χ1) is 6.88. The van der Waals surface area contributed by atoms with Gasteiger partial charge < -0.3 is 5.73 Å². The summed E-state index contributed by atoms with van der Waals surface area (Å²) < 4.78 is 24.0. The van der Waals surface area contributed by atoms with Gasteiger partial charge in [0.2, 0.25) is 15.9 Å². The van der Waals surface area contributed by atoms with E-state index in [1.807, 2.05) is 0 Å². The summed E-state index contributed by atoms with van der Waals surface area (Å²) in [4.78, 5) is 10.8. The van der Waals surface area contributed by atoms with Crippen LogP contribution in [-0.4, -0.2) is 20.6 Å². The van der Waals surface area contributed by atoms with Gasteiger partial charge in [-0.2, -0.15) is 0 Å². The van der Waals surface area contributed by atoms with E-state index < -0.39 is 15.9 Å². The summed E-state index contributed by atoms with van der Waals surface area (Å²) in [6.07, 6.45) is 1.07. The molecule has 5 nitrogen and oxygen atoms in total. The Morgan fingerprint density at radius 1 is 1.47 bits per heavy atom. The molecule has 0 bridgehead atoms. The number of hydrogen-bond donors (Lipinski definition) is 2. The number of carbonyl (C=O) groups is 1. The molecule has 1 aromatic carbocycles. The Labute approximate surface area is 88.3 Å². The molecule has 0 fully saturated rings. The summed E-state index contributed by atoms with van der Waals surface area (Å²) in [6, 6.07) is 6.50. The number of nitrogens with one attached hydrogen (secondary N) is 1. The van der Waals surface area contributed by atoms with Crippen LogP contribution in [0.3, 0.4) is 0 Å². The molecule has 1 aromatic rings. The Balaban J connectivity index is 2.79. The minimum atomic E-state index is -3.22. The molecule has 0 radical (unpaired) electrons. The molecule has 0 unspecified atom stereocenters. The summed E-state index contributed by atoms with van der Waals surface area (Å²) in [5.41, 5.74) is 6.14. The predicted molar refractivity (Wildman–Crippen MR) is 56.6 cm³/mol. The third-order valence-corrected chi connectivity index (χ3v) is 2.42. The summed E-state index contributed by atoms with van der Waals surface area (Å²) >= 11 is 0. The highest BCUT2D eigenvalue weighted by Gasteiger charge is 2.03. The standard InChI is InChI=1S/C9H12N2O3S/c1-15(13,14)11-6-7-3-2-4-8(5-7)9(10)12/h2-5,11H,6H2,1H3,(H2,10,12). The second kappa shape index (κ2) is 4.41. The minimum Gasteiger partial charge on any atom is -0.366 e. The average Bonchev–Trinajstić information content (AvgIpc) is 2.14. The van der Waals surface area contributed by atoms with E-state index in [4.69, 9.17) is 5.73 Å². The molecular weight excluding hydrogens is 216 g/mol. The van der Waals surface area contributed by atoms with E-state index in [2.05, 4.69) is 4.72 Å². The van der Waals surface area contributed by atoms with Crippen LogP contribution in [0.1, 0.15) is 15.9 Å². The van der Waals surface area contributed by atoms with Crippen LogP contribution in [0.5, 0.6) is 0 Å². The van der Waals surface area contributed by atoms with Crippen LogP contribution in [0.15, 0.2) is 24.3 Å². The van der Waals surface area contributed by atoms with Gasteiger partial charge in [0, 0.05) is 12.1 Å². The largest absolute Gasteiger partial charge is 0.366 e. The van der Waals surface area contributed by atoms with E-state index in [0.29, 0.717) is 11.1 Å². The molecule has 82 valence electrons. The smallest absolute Gasteiger partial charge is 0.248 e. The number of benzene rings is 1. The van der Waals surface area contributed by atoms with Gasteiger partial charge in [0.15, 0.2) is 0 Å². The predicted octanol–water partition coefficient (Wildman–Crippen LogP) is -0.165. The number of rotatable bonds is 4. The van der Waals surface area contributed by atoms with Gasteiger partial charge >= 0.3 is 0 Å². The Hall–Kier alpha value is -1.40. The molecule has 0 saturated heterocycles. The SMILES string of the molecule is CS(=O)(=O)NCc1cccc(C(N)=O)c1. The topological polar surface area (TPSA) is 89.3 Å². The summed E-state index contributed by atoms with van der Waals surface area (Å²) in [7, 11) is -3.22. The third-order valence-electron chi connectivity index (χ3n) is 1.75. The van der Waals surface area contributed by atoms with Crippen molar-refractivity contribution in [2.24, 2.45) is 5.73 Å². The molecule has 0 aliphatic carbocycles. The van der Waals surface area contributed by atoms with Gasteiger partial charge in [-0.3, -0.25) is 4.79 Å². The van der Waals surface area contributed by atoms with Crippen molar-refractivity contribution in [2.75, 3.05) is 6.26 Å². The molecule has 1 rings (SSSR count). The Kier molecular flexibility index (Phi) is 3.43. The Bertz CT molecular complexity index is 468. The van der Waals surface area contributed by atoms with Gasteiger partial charge in [-0.25, -0.2) is 13.1 Å². The van der Waals surface area contributed by atoms with Crippen molar-refractivity contribution in [1.29, 1.82) is 0 Å². The number of primary amides is 1. The number of nitrogens with two attached hydrogens (primary N) is 1. The summed E-state index contributed by atoms with van der Waals surface area (Å²) in [5, 5.41) is 0. The van der Waals surface area contributed by atoms with Crippen molar-refractivity contribution in [3.05, 3.63) is 35.4 Å². The molecule has 0 aromatic heterocycles. The molecule has 15 heavy (non-hydrogen) atoms. The highest BCUT2D eigenvalue weighted by atomic mass is 32.2. The van der Waals surface area contributed by atoms with E-state index >= 15 is 0 Å². The van der Waals surface area contributed by atoms with Crippen molar-refractivity contribution >= 4 is 15.9 Å². The first-order valence-electron chi connectivity index (χ1n) is 4.22. The zero-order valence-electron chi connectivity index (χ0n) is 8.23. The van der Waals surface area contributed by atoms with Gasteiger partial charge in [-0.1, -0.05) is 12.1 Å². The van der Waals surface area contributed by atoms with Crippen LogP contribution in [0.2, 0.25) is 0 Å². The molecule has 0 heterocycles. The maximum Gasteiger partial charge on any atom is 0.248 e. The Morgan fingerprint density at radius 2 is 2.13 bits per heavy atom. The van der Waals surface area contributed by atoms with Gasteiger partial charge in [0.25, 0.3) is 0 Å². The highest BCUT2D eigenvalue weighted by molar-refractivity contribution is 7.88. The second-order valence-electron chi connectivity index (χ2n) is 3.16. The quantitative estimate of drug-likeness (QED) is 0.750. The van der Waals surface area contributed by atoms with Crippen molar-refractivity contribution in [1.82, 2.24) is 4.72 Å². The molecule has 6 heteroatoms. The fraction of sp³-hybridized carbons (Fsp3) is 0.222. The monoisotopic (exact) mass is 228 g/mol. The van der Waals surface area contributed by atoms with E-state index in [1.165, 1.54) is 0 Å². The maximum absolute atomic E-state index is 10.8. The molecule has 0 atom stereocenters. The van der Waals surface area contributed by atoms with Gasteiger partial charge in [-0.05, 0) is 17.7 Å². The van der Waals surface area contributed by atoms with Crippen LogP contribution >= 0.6 is 0 Å². The lowest BCUT2D eigenvalue weighted by Gasteiger charge is -2.03. The van der Waals surface area contributed by atoms with Gasteiger partial charge in [0.05, 0.1) is 6.26 Å². The second-order valence-corrected chi connectivity index (χ2v) is 4.99. The molecule has 3 N–H and O–H groups in total. The molecular formula is C9H12N2O3S. The van der Waals surface area contributed by atoms with Crippen LogP contribution in [0.25, 0.3) is 0 Å². The lowest BCUT2D eigenvalue weighted by atomic mass is 10.1. The van der Waals surface area contributed by atoms with E-state index in [1.54, 1.807) is 24.3 Å². The van der Waals surface area contributed by atoms with Crippen molar-refractivity contribution < 1.29 is 13.2 Å². The highest BCUT2D eigenvalue weighted by Crippen LogP contribution is 2.04. The molecule has 0 aliphatic heterocycles. The number of amides is 1. The van der Waals surface area contributed by atoms with Gasteiger partial charge in [-0.15, -0.1) is 0 Å². The Morgan fingerprint density at radius 3 is 2.67 bits per heavy atom. The van der Waals surface area contributed by atoms with Crippen LogP contribution in [-0.2, 0) is 16.6 Å². The summed E-state index contributed by atoms with van der Waals surface area (Å²) in [6.45, 7) is 0.153. The number of carbonyl (C=O) groups excluding carboxylic acids is 1. The van der Waals surface area contributed by atoms with Gasteiger partial charge in [0.1, 0.15) is 0 Å². The molecule has 0 saturated carbocycles. The first-order valence-corrected chi connectivity index (χ1v) is 6.11. The van der Waals surface area contributed by atoms with Crippen LogP contribution < -0.4 is 10.5 Å². The van der Waals surface area contributed by atoms with E-state index in [-0.39, 0.29) is 6.54 Å². The lowest BCUT2D eigenvalue weighted by Crippen LogP contribution is -2.21. The first kappa shape index (κ1) is 11.7. The fourth-order valence-electron chi connectivity index (χ4n) is 1.05. The maximum atomic E-state index is 10.8. The molecule has 1 amide bonds. The van der Waals surface area contributed by atoms with Crippen LogP contribution in [0, 0.1) is 0 Å². The molecule has 0 aliphatic rings. The van der Waals surface area contributed by atoms with Crippen molar-refractivity contribution in [3.63, 3.8) is 0 Å². The number of hydrogen-bond acceptors (Lipinski definition) is 3. The number of sulfonamides is 1. The van der Waals surface area contributed by atoms with E-state index in [0.717, 1.165) is 6.26 Å². The molecule has 0 spiro atoms. The van der Waals surface area contributed by atoms with Crippen LogP contribution in [0.4, 0.5) is 0 Å². The normalized spacial score (nSPS) is 11.3. The third kappa shape index (κ3) is 4.09. The minimum absolute atomic E-state index is 0.153.